The molecule has 0 atom stereocenters. The van der Waals surface area contributed by atoms with E-state index in [1.54, 1.807) is 18.2 Å². The van der Waals surface area contributed by atoms with Gasteiger partial charge in [-0.25, -0.2) is 0 Å². The van der Waals surface area contributed by atoms with E-state index < -0.39 is 0 Å². The lowest BCUT2D eigenvalue weighted by molar-refractivity contribution is 0.0919. The van der Waals surface area contributed by atoms with Gasteiger partial charge in [0.2, 0.25) is 0 Å². The minimum Gasteiger partial charge on any atom is -0.347 e. The highest BCUT2D eigenvalue weighted by molar-refractivity contribution is 5.96. The molecule has 1 aromatic carbocycles. The summed E-state index contributed by atoms with van der Waals surface area (Å²) in [4.78, 5) is 11.9. The van der Waals surface area contributed by atoms with Gasteiger partial charge in [-0.1, -0.05) is 18.2 Å². The number of hydrogen-bond donors (Lipinski definition) is 1. The summed E-state index contributed by atoms with van der Waals surface area (Å²) < 4.78 is 0. The highest BCUT2D eigenvalue weighted by Gasteiger charge is 2.17. The van der Waals surface area contributed by atoms with Gasteiger partial charge in [-0.15, -0.1) is 0 Å². The third kappa shape index (κ3) is 3.39. The number of benzene rings is 1. The Bertz CT molecular complexity index is 424. The molecule has 0 unspecified atom stereocenters. The van der Waals surface area contributed by atoms with Gasteiger partial charge in [0.05, 0.1) is 12.5 Å². The molecule has 0 aromatic heterocycles. The van der Waals surface area contributed by atoms with Crippen LogP contribution in [0, 0.1) is 11.3 Å². The zero-order valence-corrected chi connectivity index (χ0v) is 9.87. The third-order valence-electron chi connectivity index (χ3n) is 2.02. The fraction of sp³-hybridized carbons (Fsp3) is 0.385. The topological polar surface area (TPSA) is 52.9 Å². The summed E-state index contributed by atoms with van der Waals surface area (Å²) >= 11 is 0. The van der Waals surface area contributed by atoms with Crippen molar-refractivity contribution in [2.24, 2.45) is 0 Å². The number of rotatable bonds is 2. The first-order valence-corrected chi connectivity index (χ1v) is 5.21. The summed E-state index contributed by atoms with van der Waals surface area (Å²) in [6.07, 6.45) is 0.258. The van der Waals surface area contributed by atoms with E-state index in [-0.39, 0.29) is 17.9 Å². The van der Waals surface area contributed by atoms with Crippen molar-refractivity contribution in [1.29, 1.82) is 5.26 Å². The van der Waals surface area contributed by atoms with Crippen LogP contribution in [0.4, 0.5) is 0 Å². The summed E-state index contributed by atoms with van der Waals surface area (Å²) in [6.45, 7) is 5.79. The Morgan fingerprint density at radius 1 is 1.38 bits per heavy atom. The van der Waals surface area contributed by atoms with E-state index >= 15 is 0 Å². The standard InChI is InChI=1S/C13H16N2O/c1-13(2,3)15-12(16)11-7-5-4-6-10(11)8-9-14/h4-7H,8H2,1-3H3,(H,15,16). The molecule has 0 aliphatic rings. The van der Waals surface area contributed by atoms with Crippen molar-refractivity contribution in [1.82, 2.24) is 5.32 Å². The summed E-state index contributed by atoms with van der Waals surface area (Å²) in [5, 5.41) is 11.6. The smallest absolute Gasteiger partial charge is 0.251 e. The van der Waals surface area contributed by atoms with Crippen LogP contribution in [-0.2, 0) is 6.42 Å². The van der Waals surface area contributed by atoms with Crippen molar-refractivity contribution in [3.8, 4) is 6.07 Å². The molecule has 3 heteroatoms. The van der Waals surface area contributed by atoms with Crippen molar-refractivity contribution in [2.45, 2.75) is 32.7 Å². The molecule has 84 valence electrons. The minimum atomic E-state index is -0.267. The number of nitrogens with zero attached hydrogens (tertiary/aromatic N) is 1. The molecule has 0 heterocycles. The van der Waals surface area contributed by atoms with Gasteiger partial charge < -0.3 is 5.32 Å². The fourth-order valence-corrected chi connectivity index (χ4v) is 1.39. The van der Waals surface area contributed by atoms with E-state index in [9.17, 15) is 4.79 Å². The Morgan fingerprint density at radius 2 is 2.00 bits per heavy atom. The van der Waals surface area contributed by atoms with E-state index in [1.165, 1.54) is 0 Å². The molecule has 1 rings (SSSR count). The molecule has 1 amide bonds. The van der Waals surface area contributed by atoms with Crippen LogP contribution in [0.15, 0.2) is 24.3 Å². The van der Waals surface area contributed by atoms with E-state index in [0.717, 1.165) is 5.56 Å². The molecule has 0 spiro atoms. The van der Waals surface area contributed by atoms with Crippen molar-refractivity contribution < 1.29 is 4.79 Å². The summed E-state index contributed by atoms with van der Waals surface area (Å²) in [5.41, 5.74) is 1.09. The van der Waals surface area contributed by atoms with Gasteiger partial charge >= 0.3 is 0 Å². The maximum Gasteiger partial charge on any atom is 0.251 e. The van der Waals surface area contributed by atoms with Crippen LogP contribution < -0.4 is 5.32 Å². The van der Waals surface area contributed by atoms with Crippen LogP contribution in [0.5, 0.6) is 0 Å². The van der Waals surface area contributed by atoms with Gasteiger partial charge in [0.15, 0.2) is 0 Å². The lowest BCUT2D eigenvalue weighted by Crippen LogP contribution is -2.40. The van der Waals surface area contributed by atoms with E-state index in [0.29, 0.717) is 5.56 Å². The number of hydrogen-bond acceptors (Lipinski definition) is 2. The van der Waals surface area contributed by atoms with E-state index in [4.69, 9.17) is 5.26 Å². The van der Waals surface area contributed by atoms with Crippen LogP contribution in [-0.4, -0.2) is 11.4 Å². The van der Waals surface area contributed by atoms with Crippen LogP contribution in [0.1, 0.15) is 36.7 Å². The highest BCUT2D eigenvalue weighted by Crippen LogP contribution is 2.11. The molecule has 0 radical (unpaired) electrons. The lowest BCUT2D eigenvalue weighted by atomic mass is 10.0. The van der Waals surface area contributed by atoms with Gasteiger partial charge in [-0.05, 0) is 32.4 Å². The highest BCUT2D eigenvalue weighted by atomic mass is 16.1. The molecular formula is C13H16N2O. The molecule has 0 saturated carbocycles. The van der Waals surface area contributed by atoms with Gasteiger partial charge in [0.1, 0.15) is 0 Å². The Hall–Kier alpha value is -1.82. The number of carbonyl (C=O) groups is 1. The van der Waals surface area contributed by atoms with Gasteiger partial charge in [0, 0.05) is 11.1 Å². The molecule has 0 saturated heterocycles. The minimum absolute atomic E-state index is 0.127. The average molecular weight is 216 g/mol. The molecule has 3 nitrogen and oxygen atoms in total. The van der Waals surface area contributed by atoms with Crippen LogP contribution in [0.25, 0.3) is 0 Å². The SMILES string of the molecule is CC(C)(C)NC(=O)c1ccccc1CC#N. The molecule has 1 N–H and O–H groups in total. The zero-order chi connectivity index (χ0) is 12.2. The summed E-state index contributed by atoms with van der Waals surface area (Å²) in [7, 11) is 0. The van der Waals surface area contributed by atoms with Crippen molar-refractivity contribution in [3.05, 3.63) is 35.4 Å². The maximum absolute atomic E-state index is 11.9. The second-order valence-electron chi connectivity index (χ2n) is 4.70. The lowest BCUT2D eigenvalue weighted by Gasteiger charge is -2.21. The quantitative estimate of drug-likeness (QED) is 0.824. The zero-order valence-electron chi connectivity index (χ0n) is 9.87. The first-order chi connectivity index (χ1) is 7.44. The number of nitriles is 1. The van der Waals surface area contributed by atoms with E-state index in [1.807, 2.05) is 26.8 Å². The molecule has 0 aliphatic carbocycles. The molecular weight excluding hydrogens is 200 g/mol. The monoisotopic (exact) mass is 216 g/mol. The molecule has 0 fully saturated rings. The first kappa shape index (κ1) is 12.3. The predicted molar refractivity (Wildman–Crippen MR) is 63.0 cm³/mol. The molecule has 0 aliphatic heterocycles. The second-order valence-corrected chi connectivity index (χ2v) is 4.70. The number of amides is 1. The Balaban J connectivity index is 2.96. The third-order valence-corrected chi connectivity index (χ3v) is 2.02. The second kappa shape index (κ2) is 4.80. The van der Waals surface area contributed by atoms with Crippen molar-refractivity contribution >= 4 is 5.91 Å². The Labute approximate surface area is 96.1 Å². The van der Waals surface area contributed by atoms with Gasteiger partial charge in [-0.3, -0.25) is 4.79 Å². The Morgan fingerprint density at radius 3 is 2.56 bits per heavy atom. The normalized spacial score (nSPS) is 10.6. The summed E-state index contributed by atoms with van der Waals surface area (Å²) in [5.74, 6) is -0.127. The van der Waals surface area contributed by atoms with Gasteiger partial charge in [-0.2, -0.15) is 5.26 Å². The van der Waals surface area contributed by atoms with Crippen molar-refractivity contribution in [3.63, 3.8) is 0 Å². The van der Waals surface area contributed by atoms with Crippen LogP contribution in [0.3, 0.4) is 0 Å². The van der Waals surface area contributed by atoms with Crippen molar-refractivity contribution in [2.75, 3.05) is 0 Å². The summed E-state index contributed by atoms with van der Waals surface area (Å²) in [6, 6.07) is 9.25. The predicted octanol–water partition coefficient (Wildman–Crippen LogP) is 2.28. The first-order valence-electron chi connectivity index (χ1n) is 5.21. The maximum atomic E-state index is 11.9. The number of nitrogens with one attached hydrogen (secondary N) is 1. The molecule has 1 aromatic rings. The Kier molecular flexibility index (Phi) is 3.68. The largest absolute Gasteiger partial charge is 0.347 e. The number of carbonyl (C=O) groups excluding carboxylic acids is 1. The van der Waals surface area contributed by atoms with E-state index in [2.05, 4.69) is 11.4 Å². The fourth-order valence-electron chi connectivity index (χ4n) is 1.39. The molecule has 0 bridgehead atoms. The molecule has 16 heavy (non-hydrogen) atoms. The van der Waals surface area contributed by atoms with Gasteiger partial charge in [0.25, 0.3) is 5.91 Å². The average Bonchev–Trinajstić information content (AvgIpc) is 2.16. The van der Waals surface area contributed by atoms with Crippen LogP contribution >= 0.6 is 0 Å². The van der Waals surface area contributed by atoms with Crippen LogP contribution in [0.2, 0.25) is 0 Å².